The zero-order valence-corrected chi connectivity index (χ0v) is 23.5. The van der Waals surface area contributed by atoms with E-state index in [9.17, 15) is 0 Å². The Balaban J connectivity index is -0.000000366. The third kappa shape index (κ3) is 35.4. The molecule has 186 valence electrons. The van der Waals surface area contributed by atoms with Crippen molar-refractivity contribution in [2.75, 3.05) is 0 Å². The maximum atomic E-state index is 2.38. The van der Waals surface area contributed by atoms with Crippen LogP contribution in [0, 0.1) is 17.8 Å². The van der Waals surface area contributed by atoms with Crippen molar-refractivity contribution in [3.05, 3.63) is 0 Å². The third-order valence-corrected chi connectivity index (χ3v) is 6.25. The van der Waals surface area contributed by atoms with E-state index in [0.29, 0.717) is 0 Å². The molecule has 0 aromatic rings. The number of rotatable bonds is 18. The topological polar surface area (TPSA) is 0 Å². The molecule has 0 aliphatic carbocycles. The van der Waals surface area contributed by atoms with Gasteiger partial charge in [0.15, 0.2) is 0 Å². The Hall–Kier alpha value is 0. The summed E-state index contributed by atoms with van der Waals surface area (Å²) in [6.07, 6.45) is 25.4. The van der Waals surface area contributed by atoms with Gasteiger partial charge in [0.05, 0.1) is 0 Å². The molecule has 0 radical (unpaired) electrons. The summed E-state index contributed by atoms with van der Waals surface area (Å²) in [6, 6.07) is 0. The monoisotopic (exact) mass is 427 g/mol. The minimum Gasteiger partial charge on any atom is -0.0654 e. The Morgan fingerprint density at radius 2 is 0.600 bits per heavy atom. The molecule has 0 spiro atoms. The van der Waals surface area contributed by atoms with Gasteiger partial charge in [-0.05, 0) is 17.8 Å². The summed E-state index contributed by atoms with van der Waals surface area (Å²) in [5.41, 5.74) is 0. The molecule has 0 rings (SSSR count). The smallest absolute Gasteiger partial charge is 0.0443 e. The number of unbranched alkanes of at least 4 members (excludes halogenated alkanes) is 6. The molecule has 0 aromatic carbocycles. The van der Waals surface area contributed by atoms with Crippen LogP contribution in [0.15, 0.2) is 0 Å². The number of hydrogen-bond acceptors (Lipinski definition) is 0. The molecule has 0 amide bonds. The van der Waals surface area contributed by atoms with E-state index >= 15 is 0 Å². The average Bonchev–Trinajstić information content (AvgIpc) is 2.71. The molecule has 3 unspecified atom stereocenters. The summed E-state index contributed by atoms with van der Waals surface area (Å²) < 4.78 is 0. The van der Waals surface area contributed by atoms with E-state index in [1.165, 1.54) is 116 Å². The second-order valence-electron chi connectivity index (χ2n) is 10.2. The Kier molecular flexibility index (Phi) is 36.0. The van der Waals surface area contributed by atoms with Gasteiger partial charge in [-0.1, -0.05) is 178 Å². The summed E-state index contributed by atoms with van der Waals surface area (Å²) in [4.78, 5) is 0. The molecule has 30 heavy (non-hydrogen) atoms. The molecule has 0 aliphatic rings. The predicted octanol–water partition coefficient (Wildman–Crippen LogP) is 12.0. The lowest BCUT2D eigenvalue weighted by atomic mass is 9.98. The Bertz CT molecular complexity index is 257. The van der Waals surface area contributed by atoms with Gasteiger partial charge in [-0.3, -0.25) is 0 Å². The van der Waals surface area contributed by atoms with Gasteiger partial charge < -0.3 is 0 Å². The van der Waals surface area contributed by atoms with Crippen molar-refractivity contribution in [1.82, 2.24) is 0 Å². The van der Waals surface area contributed by atoms with Crippen LogP contribution in [0.3, 0.4) is 0 Å². The quantitative estimate of drug-likeness (QED) is 0.191. The molecule has 3 atom stereocenters. The molecule has 0 heterocycles. The molecule has 0 fully saturated rings. The lowest BCUT2D eigenvalue weighted by Gasteiger charge is -2.08. The third-order valence-electron chi connectivity index (χ3n) is 6.25. The van der Waals surface area contributed by atoms with Gasteiger partial charge in [0.2, 0.25) is 0 Å². The molecule has 0 bridgehead atoms. The summed E-state index contributed by atoms with van der Waals surface area (Å²) in [6.45, 7) is 20.7. The predicted molar refractivity (Wildman–Crippen MR) is 145 cm³/mol. The van der Waals surface area contributed by atoms with Crippen LogP contribution in [0.4, 0.5) is 0 Å². The highest BCUT2D eigenvalue weighted by Gasteiger charge is 1.99. The molecule has 0 saturated heterocycles. The van der Waals surface area contributed by atoms with Crippen molar-refractivity contribution in [1.29, 1.82) is 0 Å². The molecule has 0 N–H and O–H groups in total. The van der Waals surface area contributed by atoms with Gasteiger partial charge in [0, 0.05) is 0 Å². The zero-order valence-electron chi connectivity index (χ0n) is 23.5. The van der Waals surface area contributed by atoms with Crippen LogP contribution >= 0.6 is 0 Å². The minimum atomic E-state index is 0.968. The first-order valence-electron chi connectivity index (χ1n) is 14.4. The van der Waals surface area contributed by atoms with Crippen molar-refractivity contribution < 1.29 is 0 Å². The molecule has 0 heteroatoms. The fourth-order valence-corrected chi connectivity index (χ4v) is 4.13. The van der Waals surface area contributed by atoms with E-state index in [1.54, 1.807) is 0 Å². The molecular weight excluding hydrogens is 360 g/mol. The lowest BCUT2D eigenvalue weighted by Crippen LogP contribution is -1.93. The standard InChI is InChI=1S/C11H24.C10H22.C9H20/c1-4-6-7-8-10-11(3)9-5-2;1-4-6-7-9-10(3)8-5-2;1-4-6-8-9(3)7-5-2/h11H,4-10H2,1-3H3;10H,4-9H2,1-3H3;9H,4-8H2,1-3H3. The van der Waals surface area contributed by atoms with Crippen LogP contribution < -0.4 is 0 Å². The highest BCUT2D eigenvalue weighted by molar-refractivity contribution is 4.53. The summed E-state index contributed by atoms with van der Waals surface area (Å²) >= 11 is 0. The van der Waals surface area contributed by atoms with Crippen molar-refractivity contribution >= 4 is 0 Å². The summed E-state index contributed by atoms with van der Waals surface area (Å²) in [5.74, 6) is 2.91. The Labute approximate surface area is 195 Å². The number of hydrogen-bond donors (Lipinski definition) is 0. The highest BCUT2D eigenvalue weighted by Crippen LogP contribution is 2.15. The average molecular weight is 427 g/mol. The largest absolute Gasteiger partial charge is 0.0654 e. The molecule has 0 aromatic heterocycles. The van der Waals surface area contributed by atoms with Crippen LogP contribution in [0.25, 0.3) is 0 Å². The van der Waals surface area contributed by atoms with E-state index in [4.69, 9.17) is 0 Å². The van der Waals surface area contributed by atoms with Gasteiger partial charge in [-0.2, -0.15) is 0 Å². The van der Waals surface area contributed by atoms with Crippen LogP contribution in [-0.4, -0.2) is 0 Å². The van der Waals surface area contributed by atoms with Gasteiger partial charge in [-0.25, -0.2) is 0 Å². The SMILES string of the molecule is CCCCC(C)CCC.CCCCCC(C)CCC.CCCCCCC(C)CCC. The first-order chi connectivity index (χ1) is 14.4. The van der Waals surface area contributed by atoms with Gasteiger partial charge >= 0.3 is 0 Å². The lowest BCUT2D eigenvalue weighted by molar-refractivity contribution is 0.455. The van der Waals surface area contributed by atoms with E-state index in [2.05, 4.69) is 62.3 Å². The van der Waals surface area contributed by atoms with E-state index in [1.807, 2.05) is 0 Å². The Morgan fingerprint density at radius 1 is 0.300 bits per heavy atom. The van der Waals surface area contributed by atoms with Crippen LogP contribution in [0.1, 0.15) is 178 Å². The maximum absolute atomic E-state index is 2.38. The highest BCUT2D eigenvalue weighted by atomic mass is 14.1. The molecule has 0 nitrogen and oxygen atoms in total. The fraction of sp³-hybridized carbons (Fsp3) is 1.00. The van der Waals surface area contributed by atoms with Crippen LogP contribution in [0.2, 0.25) is 0 Å². The molecule has 0 saturated carbocycles. The van der Waals surface area contributed by atoms with Crippen molar-refractivity contribution in [2.24, 2.45) is 17.8 Å². The Morgan fingerprint density at radius 3 is 0.933 bits per heavy atom. The van der Waals surface area contributed by atoms with Crippen LogP contribution in [-0.2, 0) is 0 Å². The normalized spacial score (nSPS) is 13.5. The van der Waals surface area contributed by atoms with Crippen molar-refractivity contribution in [2.45, 2.75) is 178 Å². The first kappa shape index (κ1) is 34.6. The van der Waals surface area contributed by atoms with Gasteiger partial charge in [0.1, 0.15) is 0 Å². The van der Waals surface area contributed by atoms with E-state index in [-0.39, 0.29) is 0 Å². The van der Waals surface area contributed by atoms with E-state index in [0.717, 1.165) is 17.8 Å². The summed E-state index contributed by atoms with van der Waals surface area (Å²) in [7, 11) is 0. The second kappa shape index (κ2) is 31.2. The van der Waals surface area contributed by atoms with Crippen LogP contribution in [0.5, 0.6) is 0 Å². The molecule has 0 aliphatic heterocycles. The van der Waals surface area contributed by atoms with Gasteiger partial charge in [-0.15, -0.1) is 0 Å². The molecular formula is C30H66. The first-order valence-corrected chi connectivity index (χ1v) is 14.4. The summed E-state index contributed by atoms with van der Waals surface area (Å²) in [5, 5.41) is 0. The van der Waals surface area contributed by atoms with E-state index < -0.39 is 0 Å². The zero-order chi connectivity index (χ0) is 23.5. The fourth-order valence-electron chi connectivity index (χ4n) is 4.13. The van der Waals surface area contributed by atoms with Crippen molar-refractivity contribution in [3.63, 3.8) is 0 Å². The van der Waals surface area contributed by atoms with Gasteiger partial charge in [0.25, 0.3) is 0 Å². The second-order valence-corrected chi connectivity index (χ2v) is 10.2. The van der Waals surface area contributed by atoms with Crippen molar-refractivity contribution in [3.8, 4) is 0 Å². The minimum absolute atomic E-state index is 0.968. The maximum Gasteiger partial charge on any atom is -0.0443 e.